The van der Waals surface area contributed by atoms with Gasteiger partial charge in [0.2, 0.25) is 11.8 Å². The highest BCUT2D eigenvalue weighted by atomic mass is 16.2. The second-order valence-electron chi connectivity index (χ2n) is 4.17. The summed E-state index contributed by atoms with van der Waals surface area (Å²) >= 11 is 0. The molecule has 80 valence electrons. The molecule has 0 aromatic heterocycles. The van der Waals surface area contributed by atoms with Crippen molar-refractivity contribution in [1.29, 1.82) is 0 Å². The van der Waals surface area contributed by atoms with Crippen LogP contribution in [0.3, 0.4) is 0 Å². The van der Waals surface area contributed by atoms with Crippen molar-refractivity contribution in [2.75, 3.05) is 0 Å². The molecule has 14 heavy (non-hydrogen) atoms. The first kappa shape index (κ1) is 12.7. The molecule has 0 radical (unpaired) electrons. The molecule has 0 fully saturated rings. The summed E-state index contributed by atoms with van der Waals surface area (Å²) in [5.41, 5.74) is -0.287. The molecule has 0 heterocycles. The fraction of sp³-hybridized carbons (Fsp3) is 0.600. The van der Waals surface area contributed by atoms with Gasteiger partial charge in [-0.25, -0.2) is 0 Å². The Balaban J connectivity index is 4.13. The maximum absolute atomic E-state index is 11.4. The van der Waals surface area contributed by atoms with Crippen molar-refractivity contribution < 1.29 is 9.59 Å². The van der Waals surface area contributed by atoms with Crippen molar-refractivity contribution in [3.05, 3.63) is 12.7 Å². The van der Waals surface area contributed by atoms with Gasteiger partial charge >= 0.3 is 0 Å². The average molecular weight is 198 g/mol. The second kappa shape index (κ2) is 4.79. The molecule has 0 aliphatic heterocycles. The lowest BCUT2D eigenvalue weighted by Crippen LogP contribution is -2.50. The topological polar surface area (TPSA) is 58.2 Å². The van der Waals surface area contributed by atoms with E-state index >= 15 is 0 Å². The Morgan fingerprint density at radius 1 is 1.36 bits per heavy atom. The van der Waals surface area contributed by atoms with Gasteiger partial charge in [-0.1, -0.05) is 6.58 Å². The average Bonchev–Trinajstić information content (AvgIpc) is 2.00. The number of nitrogens with one attached hydrogen (secondary N) is 2. The third-order valence-corrected chi connectivity index (χ3v) is 1.44. The molecule has 1 atom stereocenters. The van der Waals surface area contributed by atoms with Gasteiger partial charge < -0.3 is 10.6 Å². The molecule has 0 aliphatic carbocycles. The molecule has 0 saturated carbocycles. The van der Waals surface area contributed by atoms with Crippen molar-refractivity contribution in [3.8, 4) is 0 Å². The number of hydrogen-bond donors (Lipinski definition) is 2. The van der Waals surface area contributed by atoms with Crippen LogP contribution in [0.1, 0.15) is 27.7 Å². The van der Waals surface area contributed by atoms with E-state index in [2.05, 4.69) is 17.2 Å². The summed E-state index contributed by atoms with van der Waals surface area (Å²) in [4.78, 5) is 22.3. The number of carbonyl (C=O) groups excluding carboxylic acids is 2. The van der Waals surface area contributed by atoms with E-state index in [0.29, 0.717) is 0 Å². The zero-order chi connectivity index (χ0) is 11.4. The smallest absolute Gasteiger partial charge is 0.244 e. The lowest BCUT2D eigenvalue weighted by atomic mass is 10.1. The Bertz CT molecular complexity index is 241. The maximum Gasteiger partial charge on any atom is 0.244 e. The number of hydrogen-bond acceptors (Lipinski definition) is 2. The molecule has 0 aliphatic rings. The molecule has 1 unspecified atom stereocenters. The van der Waals surface area contributed by atoms with Crippen LogP contribution in [-0.4, -0.2) is 23.4 Å². The molecule has 2 amide bonds. The number of amides is 2. The largest absolute Gasteiger partial charge is 0.350 e. The van der Waals surface area contributed by atoms with Gasteiger partial charge in [0.1, 0.15) is 6.04 Å². The van der Waals surface area contributed by atoms with E-state index in [1.54, 1.807) is 6.92 Å². The van der Waals surface area contributed by atoms with E-state index < -0.39 is 6.04 Å². The third-order valence-electron chi connectivity index (χ3n) is 1.44. The summed E-state index contributed by atoms with van der Waals surface area (Å²) < 4.78 is 0. The van der Waals surface area contributed by atoms with Crippen LogP contribution in [0.15, 0.2) is 12.7 Å². The molecular weight excluding hydrogens is 180 g/mol. The Labute approximate surface area is 84.8 Å². The molecule has 4 nitrogen and oxygen atoms in total. The van der Waals surface area contributed by atoms with E-state index in [1.165, 1.54) is 0 Å². The minimum Gasteiger partial charge on any atom is -0.350 e. The van der Waals surface area contributed by atoms with E-state index in [0.717, 1.165) is 6.08 Å². The van der Waals surface area contributed by atoms with E-state index in [1.807, 2.05) is 20.8 Å². The Morgan fingerprint density at radius 3 is 2.21 bits per heavy atom. The van der Waals surface area contributed by atoms with Crippen LogP contribution >= 0.6 is 0 Å². The van der Waals surface area contributed by atoms with Crippen LogP contribution in [0.2, 0.25) is 0 Å². The second-order valence-corrected chi connectivity index (χ2v) is 4.17. The molecule has 0 saturated heterocycles. The first-order valence-electron chi connectivity index (χ1n) is 4.51. The Morgan fingerprint density at radius 2 is 1.86 bits per heavy atom. The predicted molar refractivity (Wildman–Crippen MR) is 55.7 cm³/mol. The van der Waals surface area contributed by atoms with Gasteiger partial charge in [0.15, 0.2) is 0 Å². The first-order chi connectivity index (χ1) is 6.26. The fourth-order valence-corrected chi connectivity index (χ4v) is 0.816. The van der Waals surface area contributed by atoms with Crippen LogP contribution in [0, 0.1) is 0 Å². The quantitative estimate of drug-likeness (QED) is 0.652. The van der Waals surface area contributed by atoms with E-state index in [4.69, 9.17) is 0 Å². The SMILES string of the molecule is C=CC(=O)NC(C)C(=O)NC(C)(C)C. The molecule has 0 aromatic carbocycles. The zero-order valence-electron chi connectivity index (χ0n) is 9.18. The molecule has 0 spiro atoms. The zero-order valence-corrected chi connectivity index (χ0v) is 9.18. The van der Waals surface area contributed by atoms with Crippen LogP contribution in [0.25, 0.3) is 0 Å². The van der Waals surface area contributed by atoms with E-state index in [9.17, 15) is 9.59 Å². The van der Waals surface area contributed by atoms with Crippen molar-refractivity contribution in [2.24, 2.45) is 0 Å². The highest BCUT2D eigenvalue weighted by molar-refractivity contribution is 5.92. The summed E-state index contributed by atoms with van der Waals surface area (Å²) in [6, 6.07) is -0.542. The maximum atomic E-state index is 11.4. The van der Waals surface area contributed by atoms with Gasteiger partial charge in [-0.3, -0.25) is 9.59 Å². The van der Waals surface area contributed by atoms with Gasteiger partial charge in [0, 0.05) is 5.54 Å². The minimum absolute atomic E-state index is 0.201. The van der Waals surface area contributed by atoms with Gasteiger partial charge in [0.25, 0.3) is 0 Å². The van der Waals surface area contributed by atoms with E-state index in [-0.39, 0.29) is 17.4 Å². The Kier molecular flexibility index (Phi) is 4.34. The van der Waals surface area contributed by atoms with Crippen molar-refractivity contribution >= 4 is 11.8 Å². The van der Waals surface area contributed by atoms with Crippen molar-refractivity contribution in [1.82, 2.24) is 10.6 Å². The summed E-state index contributed by atoms with van der Waals surface area (Å²) in [6.07, 6.45) is 1.14. The summed E-state index contributed by atoms with van der Waals surface area (Å²) in [7, 11) is 0. The molecule has 0 rings (SSSR count). The predicted octanol–water partition coefficient (Wildman–Crippen LogP) is 0.592. The lowest BCUT2D eigenvalue weighted by molar-refractivity contribution is -0.127. The third kappa shape index (κ3) is 5.35. The lowest BCUT2D eigenvalue weighted by Gasteiger charge is -2.23. The van der Waals surface area contributed by atoms with Gasteiger partial charge in [0.05, 0.1) is 0 Å². The van der Waals surface area contributed by atoms with Crippen LogP contribution < -0.4 is 10.6 Å². The standard InChI is InChI=1S/C10H18N2O2/c1-6-8(13)11-7(2)9(14)12-10(3,4)5/h6-7H,1H2,2-5H3,(H,11,13)(H,12,14). The normalized spacial score (nSPS) is 12.9. The van der Waals surface area contributed by atoms with Gasteiger partial charge in [-0.15, -0.1) is 0 Å². The summed E-state index contributed by atoms with van der Waals surface area (Å²) in [5, 5.41) is 5.24. The Hall–Kier alpha value is -1.32. The van der Waals surface area contributed by atoms with Crippen molar-refractivity contribution in [2.45, 2.75) is 39.3 Å². The fourth-order valence-electron chi connectivity index (χ4n) is 0.816. The number of rotatable bonds is 3. The van der Waals surface area contributed by atoms with Crippen LogP contribution in [-0.2, 0) is 9.59 Å². The first-order valence-corrected chi connectivity index (χ1v) is 4.51. The number of carbonyl (C=O) groups is 2. The minimum atomic E-state index is -0.542. The van der Waals surface area contributed by atoms with Gasteiger partial charge in [-0.05, 0) is 33.8 Å². The van der Waals surface area contributed by atoms with Crippen molar-refractivity contribution in [3.63, 3.8) is 0 Å². The molecule has 4 heteroatoms. The molecular formula is C10H18N2O2. The van der Waals surface area contributed by atoms with Crippen LogP contribution in [0.5, 0.6) is 0 Å². The highest BCUT2D eigenvalue weighted by Gasteiger charge is 2.19. The molecule has 2 N–H and O–H groups in total. The summed E-state index contributed by atoms with van der Waals surface area (Å²) in [5.74, 6) is -0.547. The summed E-state index contributed by atoms with van der Waals surface area (Å²) in [6.45, 7) is 10.6. The molecule has 0 bridgehead atoms. The monoisotopic (exact) mass is 198 g/mol. The van der Waals surface area contributed by atoms with Gasteiger partial charge in [-0.2, -0.15) is 0 Å². The highest BCUT2D eigenvalue weighted by Crippen LogP contribution is 1.99. The molecule has 0 aromatic rings. The van der Waals surface area contributed by atoms with Crippen LogP contribution in [0.4, 0.5) is 0 Å².